The van der Waals surface area contributed by atoms with Crippen LogP contribution in [0.1, 0.15) is 16.7 Å². The maximum Gasteiger partial charge on any atom is 0.264 e. The van der Waals surface area contributed by atoms with E-state index in [0.29, 0.717) is 21.3 Å². The minimum Gasteiger partial charge on any atom is -0.271 e. The fourth-order valence-corrected chi connectivity index (χ4v) is 4.71. The van der Waals surface area contributed by atoms with Gasteiger partial charge in [-0.2, -0.15) is 5.10 Å². The molecule has 0 heterocycles. The first-order valence-electron chi connectivity index (χ1n) is 9.60. The summed E-state index contributed by atoms with van der Waals surface area (Å²) in [5, 5.41) is 4.66. The lowest BCUT2D eigenvalue weighted by molar-refractivity contribution is -0.119. The van der Waals surface area contributed by atoms with E-state index in [9.17, 15) is 13.2 Å². The molecule has 6 nitrogen and oxygen atoms in total. The summed E-state index contributed by atoms with van der Waals surface area (Å²) in [7, 11) is -3.99. The monoisotopic (exact) mass is 489 g/mol. The zero-order valence-electron chi connectivity index (χ0n) is 17.4. The van der Waals surface area contributed by atoms with Crippen molar-refractivity contribution in [1.82, 2.24) is 5.43 Å². The molecule has 9 heteroatoms. The number of sulfonamides is 1. The maximum atomic E-state index is 13.4. The van der Waals surface area contributed by atoms with Gasteiger partial charge in [0.15, 0.2) is 0 Å². The van der Waals surface area contributed by atoms with Crippen LogP contribution in [0.25, 0.3) is 0 Å². The normalized spacial score (nSPS) is 11.5. The number of anilines is 1. The number of benzene rings is 3. The van der Waals surface area contributed by atoms with E-state index in [2.05, 4.69) is 10.5 Å². The molecule has 166 valence electrons. The number of carbonyl (C=O) groups is 1. The zero-order valence-corrected chi connectivity index (χ0v) is 19.7. The standard InChI is InChI=1S/C23H21Cl2N3O3S/c1-16-7-10-19(11-8-16)32(30,31)28(22-6-4-3-5-17(22)2)15-23(29)27-26-14-18-9-12-20(24)21(25)13-18/h3-14H,15H2,1-2H3,(H,27,29)/b26-14-. The number of halogens is 2. The van der Waals surface area contributed by atoms with E-state index in [-0.39, 0.29) is 4.90 Å². The van der Waals surface area contributed by atoms with E-state index in [0.717, 1.165) is 15.4 Å². The van der Waals surface area contributed by atoms with Crippen LogP contribution >= 0.6 is 23.2 Å². The Hall–Kier alpha value is -2.87. The predicted molar refractivity (Wildman–Crippen MR) is 129 cm³/mol. The quantitative estimate of drug-likeness (QED) is 0.376. The molecule has 3 aromatic carbocycles. The molecule has 3 aromatic rings. The Morgan fingerprint density at radius 2 is 1.69 bits per heavy atom. The second-order valence-electron chi connectivity index (χ2n) is 7.08. The van der Waals surface area contributed by atoms with Gasteiger partial charge < -0.3 is 0 Å². The fourth-order valence-electron chi connectivity index (χ4n) is 2.92. The second kappa shape index (κ2) is 10.2. The molecule has 0 fully saturated rings. The molecule has 0 atom stereocenters. The van der Waals surface area contributed by atoms with Gasteiger partial charge in [-0.15, -0.1) is 0 Å². The Kier molecular flexibility index (Phi) is 7.56. The van der Waals surface area contributed by atoms with Crippen molar-refractivity contribution in [3.05, 3.63) is 93.5 Å². The van der Waals surface area contributed by atoms with Gasteiger partial charge in [-0.25, -0.2) is 13.8 Å². The maximum absolute atomic E-state index is 13.4. The van der Waals surface area contributed by atoms with Crippen LogP contribution in [0.5, 0.6) is 0 Å². The van der Waals surface area contributed by atoms with Gasteiger partial charge in [-0.3, -0.25) is 9.10 Å². The number of para-hydroxylation sites is 1. The number of amides is 1. The summed E-state index contributed by atoms with van der Waals surface area (Å²) >= 11 is 11.9. The number of aryl methyl sites for hydroxylation is 2. The third-order valence-corrected chi connectivity index (χ3v) is 7.14. The highest BCUT2D eigenvalue weighted by atomic mass is 35.5. The van der Waals surface area contributed by atoms with Crippen molar-refractivity contribution in [3.63, 3.8) is 0 Å². The highest BCUT2D eigenvalue weighted by molar-refractivity contribution is 7.92. The number of hydrazone groups is 1. The van der Waals surface area contributed by atoms with E-state index >= 15 is 0 Å². The molecule has 0 saturated carbocycles. The lowest BCUT2D eigenvalue weighted by atomic mass is 10.2. The van der Waals surface area contributed by atoms with Crippen molar-refractivity contribution in [2.24, 2.45) is 5.10 Å². The smallest absolute Gasteiger partial charge is 0.264 e. The van der Waals surface area contributed by atoms with Crippen LogP contribution in [0.2, 0.25) is 10.0 Å². The Bertz CT molecular complexity index is 1260. The summed E-state index contributed by atoms with van der Waals surface area (Å²) in [5.41, 5.74) is 5.06. The third-order valence-electron chi connectivity index (χ3n) is 4.63. The number of nitrogens with zero attached hydrogens (tertiary/aromatic N) is 2. The van der Waals surface area contributed by atoms with E-state index in [1.54, 1.807) is 61.5 Å². The van der Waals surface area contributed by atoms with Crippen molar-refractivity contribution < 1.29 is 13.2 Å². The lowest BCUT2D eigenvalue weighted by Crippen LogP contribution is -2.40. The average Bonchev–Trinajstić information content (AvgIpc) is 2.75. The molecule has 0 saturated heterocycles. The van der Waals surface area contributed by atoms with Crippen molar-refractivity contribution in [2.45, 2.75) is 18.7 Å². The van der Waals surface area contributed by atoms with Gasteiger partial charge in [0.1, 0.15) is 6.54 Å². The van der Waals surface area contributed by atoms with Crippen LogP contribution < -0.4 is 9.73 Å². The van der Waals surface area contributed by atoms with Crippen molar-refractivity contribution >= 4 is 51.0 Å². The molecule has 0 bridgehead atoms. The van der Waals surface area contributed by atoms with Crippen LogP contribution in [0.4, 0.5) is 5.69 Å². The molecular weight excluding hydrogens is 469 g/mol. The molecule has 0 aliphatic carbocycles. The molecule has 0 unspecified atom stereocenters. The zero-order chi connectivity index (χ0) is 23.3. The van der Waals surface area contributed by atoms with Gasteiger partial charge in [0, 0.05) is 0 Å². The Morgan fingerprint density at radius 1 is 1.00 bits per heavy atom. The van der Waals surface area contributed by atoms with Gasteiger partial charge >= 0.3 is 0 Å². The summed E-state index contributed by atoms with van der Waals surface area (Å²) in [6, 6.07) is 18.3. The molecule has 0 aromatic heterocycles. The lowest BCUT2D eigenvalue weighted by Gasteiger charge is -2.25. The summed E-state index contributed by atoms with van der Waals surface area (Å²) in [6.07, 6.45) is 1.40. The number of carbonyl (C=O) groups excluding carboxylic acids is 1. The van der Waals surface area contributed by atoms with Crippen molar-refractivity contribution in [1.29, 1.82) is 0 Å². The van der Waals surface area contributed by atoms with Crippen molar-refractivity contribution in [2.75, 3.05) is 10.8 Å². The van der Waals surface area contributed by atoms with Crippen LogP contribution in [-0.4, -0.2) is 27.1 Å². The molecule has 3 rings (SSSR count). The van der Waals surface area contributed by atoms with E-state index in [1.807, 2.05) is 6.92 Å². The number of rotatable bonds is 7. The molecular formula is C23H21Cl2N3O3S. The van der Waals surface area contributed by atoms with E-state index in [4.69, 9.17) is 23.2 Å². The van der Waals surface area contributed by atoms with Gasteiger partial charge in [-0.05, 0) is 55.3 Å². The summed E-state index contributed by atoms with van der Waals surface area (Å²) < 4.78 is 27.8. The molecule has 0 aliphatic rings. The molecule has 0 aliphatic heterocycles. The number of hydrogen-bond acceptors (Lipinski definition) is 4. The first-order valence-corrected chi connectivity index (χ1v) is 11.8. The topological polar surface area (TPSA) is 78.8 Å². The van der Waals surface area contributed by atoms with Gasteiger partial charge in [0.05, 0.1) is 26.8 Å². The van der Waals surface area contributed by atoms with Crippen LogP contribution in [-0.2, 0) is 14.8 Å². The minimum absolute atomic E-state index is 0.0958. The number of nitrogens with one attached hydrogen (secondary N) is 1. The van der Waals surface area contributed by atoms with Gasteiger partial charge in [0.25, 0.3) is 15.9 Å². The highest BCUT2D eigenvalue weighted by Crippen LogP contribution is 2.27. The molecule has 1 amide bonds. The Morgan fingerprint density at radius 3 is 2.34 bits per heavy atom. The predicted octanol–water partition coefficient (Wildman–Crippen LogP) is 4.96. The third kappa shape index (κ3) is 5.68. The first-order chi connectivity index (χ1) is 15.2. The first kappa shape index (κ1) is 23.8. The van der Waals surface area contributed by atoms with Gasteiger partial charge in [-0.1, -0.05) is 65.2 Å². The Labute approximate surface area is 197 Å². The largest absolute Gasteiger partial charge is 0.271 e. The Balaban J connectivity index is 1.85. The average molecular weight is 490 g/mol. The summed E-state index contributed by atoms with van der Waals surface area (Å²) in [4.78, 5) is 12.7. The molecule has 0 spiro atoms. The van der Waals surface area contributed by atoms with E-state index < -0.39 is 22.5 Å². The van der Waals surface area contributed by atoms with E-state index in [1.165, 1.54) is 18.3 Å². The second-order valence-corrected chi connectivity index (χ2v) is 9.75. The fraction of sp³-hybridized carbons (Fsp3) is 0.130. The highest BCUT2D eigenvalue weighted by Gasteiger charge is 2.28. The van der Waals surface area contributed by atoms with Crippen LogP contribution in [0.15, 0.2) is 76.7 Å². The van der Waals surface area contributed by atoms with Crippen LogP contribution in [0, 0.1) is 13.8 Å². The minimum atomic E-state index is -3.99. The number of hydrogen-bond donors (Lipinski definition) is 1. The SMILES string of the molecule is Cc1ccc(S(=O)(=O)N(CC(=O)N/N=C\c2ccc(Cl)c(Cl)c2)c2ccccc2C)cc1. The summed E-state index contributed by atoms with van der Waals surface area (Å²) in [5.74, 6) is -0.597. The molecule has 1 N–H and O–H groups in total. The molecule has 32 heavy (non-hydrogen) atoms. The summed E-state index contributed by atoms with van der Waals surface area (Å²) in [6.45, 7) is 3.21. The van der Waals surface area contributed by atoms with Crippen LogP contribution in [0.3, 0.4) is 0 Å². The van der Waals surface area contributed by atoms with Gasteiger partial charge in [0.2, 0.25) is 0 Å². The van der Waals surface area contributed by atoms with Crippen molar-refractivity contribution in [3.8, 4) is 0 Å². The molecule has 0 radical (unpaired) electrons.